The maximum absolute atomic E-state index is 10.1. The van der Waals surface area contributed by atoms with E-state index in [0.717, 1.165) is 67.1 Å². The molecule has 5 nitrogen and oxygen atoms in total. The Balaban J connectivity index is 1.32. The van der Waals surface area contributed by atoms with Crippen molar-refractivity contribution in [3.8, 4) is 5.75 Å². The average molecular weight is 450 g/mol. The van der Waals surface area contributed by atoms with Gasteiger partial charge in [0.25, 0.3) is 0 Å². The summed E-state index contributed by atoms with van der Waals surface area (Å²) in [7, 11) is 1.70. The van der Waals surface area contributed by atoms with Gasteiger partial charge < -0.3 is 9.84 Å². The van der Waals surface area contributed by atoms with Crippen molar-refractivity contribution in [2.45, 2.75) is 25.7 Å². The summed E-state index contributed by atoms with van der Waals surface area (Å²) >= 11 is 5.61. The summed E-state index contributed by atoms with van der Waals surface area (Å²) in [5, 5.41) is 11.2. The minimum atomic E-state index is 0.229. The van der Waals surface area contributed by atoms with E-state index in [4.69, 9.17) is 17.0 Å². The molecule has 32 heavy (non-hydrogen) atoms. The van der Waals surface area contributed by atoms with Crippen molar-refractivity contribution in [1.29, 1.82) is 0 Å². The molecule has 4 rings (SSSR count). The number of aliphatic hydroxyl groups excluding tert-OH is 1. The van der Waals surface area contributed by atoms with Crippen LogP contribution in [0.5, 0.6) is 5.75 Å². The van der Waals surface area contributed by atoms with Gasteiger partial charge in [-0.1, -0.05) is 18.3 Å². The lowest BCUT2D eigenvalue weighted by Gasteiger charge is -2.38. The van der Waals surface area contributed by atoms with Crippen LogP contribution in [-0.4, -0.2) is 58.2 Å². The number of ether oxygens (including phenoxy) is 1. The molecular formula is C26H31N3O2S. The van der Waals surface area contributed by atoms with E-state index in [2.05, 4.69) is 27.0 Å². The SMILES string of the molecule is COc1ccc2nccc(CCC[C@@H]3CCN(CC(=S)c4ccccn4)C[C@@H]3CO)c2c1. The molecule has 1 aliphatic rings. The Morgan fingerprint density at radius 3 is 2.84 bits per heavy atom. The minimum absolute atomic E-state index is 0.229. The lowest BCUT2D eigenvalue weighted by Crippen LogP contribution is -2.44. The number of hydrogen-bond donors (Lipinski definition) is 1. The lowest BCUT2D eigenvalue weighted by molar-refractivity contribution is 0.0761. The van der Waals surface area contributed by atoms with Crippen LogP contribution >= 0.6 is 12.2 Å². The highest BCUT2D eigenvalue weighted by Gasteiger charge is 2.29. The molecule has 1 aromatic carbocycles. The largest absolute Gasteiger partial charge is 0.497 e. The number of aryl methyl sites for hydroxylation is 1. The van der Waals surface area contributed by atoms with Gasteiger partial charge in [0.05, 0.1) is 23.2 Å². The van der Waals surface area contributed by atoms with Gasteiger partial charge in [0.15, 0.2) is 0 Å². The quantitative estimate of drug-likeness (QED) is 0.388. The number of rotatable bonds is 9. The van der Waals surface area contributed by atoms with Crippen molar-refractivity contribution < 1.29 is 9.84 Å². The molecule has 3 heterocycles. The molecule has 1 N–H and O–H groups in total. The van der Waals surface area contributed by atoms with Gasteiger partial charge in [-0.3, -0.25) is 14.9 Å². The molecule has 2 aromatic heterocycles. The van der Waals surface area contributed by atoms with Crippen molar-refractivity contribution in [3.63, 3.8) is 0 Å². The first-order chi connectivity index (χ1) is 15.7. The molecule has 1 aliphatic heterocycles. The molecule has 3 aromatic rings. The number of fused-ring (bicyclic) bond motifs is 1. The smallest absolute Gasteiger partial charge is 0.119 e. The van der Waals surface area contributed by atoms with Gasteiger partial charge in [0.1, 0.15) is 5.75 Å². The maximum atomic E-state index is 10.1. The molecule has 0 radical (unpaired) electrons. The van der Waals surface area contributed by atoms with Gasteiger partial charge in [-0.25, -0.2) is 0 Å². The Labute approximate surface area is 195 Å². The Kier molecular flexibility index (Phi) is 7.79. The number of hydrogen-bond acceptors (Lipinski definition) is 6. The van der Waals surface area contributed by atoms with Crippen LogP contribution in [0.1, 0.15) is 30.5 Å². The van der Waals surface area contributed by atoms with E-state index in [0.29, 0.717) is 11.8 Å². The van der Waals surface area contributed by atoms with Gasteiger partial charge in [0, 0.05) is 37.5 Å². The highest BCUT2D eigenvalue weighted by atomic mass is 32.1. The second-order valence-electron chi connectivity index (χ2n) is 8.61. The summed E-state index contributed by atoms with van der Waals surface area (Å²) in [6, 6.07) is 14.0. The van der Waals surface area contributed by atoms with Crippen LogP contribution in [0.15, 0.2) is 54.9 Å². The molecule has 0 unspecified atom stereocenters. The zero-order valence-corrected chi connectivity index (χ0v) is 19.4. The molecular weight excluding hydrogens is 418 g/mol. The Morgan fingerprint density at radius 2 is 2.06 bits per heavy atom. The number of methoxy groups -OCH3 is 1. The van der Waals surface area contributed by atoms with Crippen molar-refractivity contribution in [2.75, 3.05) is 33.4 Å². The van der Waals surface area contributed by atoms with Crippen LogP contribution in [0, 0.1) is 11.8 Å². The van der Waals surface area contributed by atoms with E-state index in [1.165, 1.54) is 10.9 Å². The minimum Gasteiger partial charge on any atom is -0.497 e. The van der Waals surface area contributed by atoms with Gasteiger partial charge in [-0.05, 0) is 86.0 Å². The number of pyridine rings is 2. The first-order valence-electron chi connectivity index (χ1n) is 11.4. The fraction of sp³-hybridized carbons (Fsp3) is 0.423. The van der Waals surface area contributed by atoms with Crippen LogP contribution in [0.4, 0.5) is 0 Å². The molecule has 0 aliphatic carbocycles. The topological polar surface area (TPSA) is 58.5 Å². The standard InChI is InChI=1S/C26H31N3O2S/c1-31-22-8-9-24-23(15-22)20(10-13-28-24)6-4-5-19-11-14-29(16-21(19)18-30)17-26(32)25-7-2-3-12-27-25/h2-3,7-10,12-13,15,19,21,30H,4-6,11,14,16-18H2,1H3/t19-,21-/m1/s1. The summed E-state index contributed by atoms with van der Waals surface area (Å²) in [6.45, 7) is 2.88. The molecule has 2 atom stereocenters. The van der Waals surface area contributed by atoms with E-state index in [1.807, 2.05) is 36.5 Å². The summed E-state index contributed by atoms with van der Waals surface area (Å²) < 4.78 is 5.40. The van der Waals surface area contributed by atoms with Crippen LogP contribution in [0.2, 0.25) is 0 Å². The van der Waals surface area contributed by atoms with E-state index < -0.39 is 0 Å². The highest BCUT2D eigenvalue weighted by molar-refractivity contribution is 7.80. The third-order valence-electron chi connectivity index (χ3n) is 6.59. The second-order valence-corrected chi connectivity index (χ2v) is 9.10. The predicted molar refractivity (Wildman–Crippen MR) is 132 cm³/mol. The zero-order chi connectivity index (χ0) is 22.3. The number of benzene rings is 1. The molecule has 1 saturated heterocycles. The van der Waals surface area contributed by atoms with Gasteiger partial charge in [-0.15, -0.1) is 0 Å². The number of likely N-dealkylation sites (tertiary alicyclic amines) is 1. The van der Waals surface area contributed by atoms with Crippen LogP contribution in [0.3, 0.4) is 0 Å². The van der Waals surface area contributed by atoms with Crippen LogP contribution in [-0.2, 0) is 6.42 Å². The molecule has 0 spiro atoms. The fourth-order valence-corrected chi connectivity index (χ4v) is 5.08. The first kappa shape index (κ1) is 22.8. The van der Waals surface area contributed by atoms with E-state index in [1.54, 1.807) is 13.3 Å². The van der Waals surface area contributed by atoms with E-state index in [-0.39, 0.29) is 6.61 Å². The number of nitrogens with zero attached hydrogens (tertiary/aromatic N) is 3. The average Bonchev–Trinajstić information content (AvgIpc) is 2.85. The Hall–Kier alpha value is -2.41. The molecule has 0 amide bonds. The highest BCUT2D eigenvalue weighted by Crippen LogP contribution is 2.29. The van der Waals surface area contributed by atoms with E-state index in [9.17, 15) is 5.11 Å². The van der Waals surface area contributed by atoms with Crippen molar-refractivity contribution in [3.05, 3.63) is 66.1 Å². The van der Waals surface area contributed by atoms with Crippen LogP contribution in [0.25, 0.3) is 10.9 Å². The lowest BCUT2D eigenvalue weighted by atomic mass is 9.82. The van der Waals surface area contributed by atoms with E-state index >= 15 is 0 Å². The second kappa shape index (κ2) is 10.9. The first-order valence-corrected chi connectivity index (χ1v) is 11.8. The maximum Gasteiger partial charge on any atom is 0.119 e. The third kappa shape index (κ3) is 5.49. The molecule has 6 heteroatoms. The van der Waals surface area contributed by atoms with Crippen molar-refractivity contribution in [1.82, 2.24) is 14.9 Å². The van der Waals surface area contributed by atoms with Crippen LogP contribution < -0.4 is 4.74 Å². The Morgan fingerprint density at radius 1 is 1.16 bits per heavy atom. The van der Waals surface area contributed by atoms with Gasteiger partial charge >= 0.3 is 0 Å². The normalized spacial score (nSPS) is 19.2. The number of aromatic nitrogens is 2. The van der Waals surface area contributed by atoms with Gasteiger partial charge in [0.2, 0.25) is 0 Å². The van der Waals surface area contributed by atoms with Crippen molar-refractivity contribution >= 4 is 28.0 Å². The summed E-state index contributed by atoms with van der Waals surface area (Å²) in [6.07, 6.45) is 8.01. The summed E-state index contributed by atoms with van der Waals surface area (Å²) in [5.41, 5.74) is 3.20. The zero-order valence-electron chi connectivity index (χ0n) is 18.6. The predicted octanol–water partition coefficient (Wildman–Crippen LogP) is 4.31. The van der Waals surface area contributed by atoms with Crippen molar-refractivity contribution in [2.24, 2.45) is 11.8 Å². The summed E-state index contributed by atoms with van der Waals surface area (Å²) in [4.78, 5) is 12.1. The molecule has 0 saturated carbocycles. The Bertz CT molecular complexity index is 1040. The fourth-order valence-electron chi connectivity index (χ4n) is 4.78. The third-order valence-corrected chi connectivity index (χ3v) is 6.93. The molecule has 1 fully saturated rings. The number of thiocarbonyl (C=S) groups is 1. The monoisotopic (exact) mass is 449 g/mol. The number of aliphatic hydroxyl groups is 1. The summed E-state index contributed by atoms with van der Waals surface area (Å²) in [5.74, 6) is 1.70. The molecule has 0 bridgehead atoms. The molecule has 168 valence electrons. The van der Waals surface area contributed by atoms with Gasteiger partial charge in [-0.2, -0.15) is 0 Å². The number of piperidine rings is 1.